The standard InChI is InChI=1S/C26H34N6O3S2/c1-25(2,3)29-37(34,35)21-7-5-6-19(16-21)22-18-32(30-27-22)23-9-8-20(28-36(4)33)17-24(23)31-14-12-26(10-11-26)13-15-31/h5-9,16-18,28-29H,10-15H2,1-4H3. The quantitative estimate of drug-likeness (QED) is 0.465. The molecule has 1 aliphatic heterocycles. The molecule has 2 heterocycles. The van der Waals surface area contributed by atoms with Crippen LogP contribution < -0.4 is 14.3 Å². The highest BCUT2D eigenvalue weighted by atomic mass is 32.2. The van der Waals surface area contributed by atoms with E-state index in [-0.39, 0.29) is 4.90 Å². The fourth-order valence-electron chi connectivity index (χ4n) is 4.90. The number of hydrogen-bond donors (Lipinski definition) is 2. The Hall–Kier alpha value is -2.76. The van der Waals surface area contributed by atoms with Crippen LogP contribution in [-0.2, 0) is 21.0 Å². The van der Waals surface area contributed by atoms with E-state index < -0.39 is 26.5 Å². The van der Waals surface area contributed by atoms with E-state index in [1.807, 2.05) is 51.2 Å². The molecule has 0 bridgehead atoms. The molecule has 1 spiro atoms. The predicted octanol–water partition coefficient (Wildman–Crippen LogP) is 4.10. The summed E-state index contributed by atoms with van der Waals surface area (Å²) in [5.74, 6) is 0. The van der Waals surface area contributed by atoms with Crippen molar-refractivity contribution < 1.29 is 12.6 Å². The first-order valence-corrected chi connectivity index (χ1v) is 15.5. The zero-order valence-corrected chi connectivity index (χ0v) is 23.3. The average molecular weight is 543 g/mol. The van der Waals surface area contributed by atoms with Gasteiger partial charge in [-0.05, 0) is 82.2 Å². The maximum Gasteiger partial charge on any atom is 0.241 e. The van der Waals surface area contributed by atoms with Gasteiger partial charge in [0.25, 0.3) is 0 Å². The summed E-state index contributed by atoms with van der Waals surface area (Å²) in [5, 5.41) is 8.76. The van der Waals surface area contributed by atoms with Gasteiger partial charge in [0.15, 0.2) is 0 Å². The van der Waals surface area contributed by atoms with E-state index in [9.17, 15) is 12.6 Å². The first kappa shape index (κ1) is 25.9. The number of piperidine rings is 1. The lowest BCUT2D eigenvalue weighted by Gasteiger charge is -2.35. The summed E-state index contributed by atoms with van der Waals surface area (Å²) in [6.45, 7) is 7.36. The molecule has 1 saturated carbocycles. The number of nitrogens with one attached hydrogen (secondary N) is 2. The number of aromatic nitrogens is 3. The third-order valence-corrected chi connectivity index (χ3v) is 9.26. The second-order valence-corrected chi connectivity index (χ2v) is 14.0. The molecule has 0 amide bonds. The summed E-state index contributed by atoms with van der Waals surface area (Å²) >= 11 is 0. The summed E-state index contributed by atoms with van der Waals surface area (Å²) in [5.41, 5.74) is 3.86. The second-order valence-electron chi connectivity index (χ2n) is 11.2. The molecule has 2 aliphatic rings. The zero-order valence-electron chi connectivity index (χ0n) is 21.7. The summed E-state index contributed by atoms with van der Waals surface area (Å²) in [4.78, 5) is 2.55. The monoisotopic (exact) mass is 542 g/mol. The third-order valence-electron chi connectivity index (χ3n) is 6.98. The van der Waals surface area contributed by atoms with Crippen LogP contribution >= 0.6 is 0 Å². The molecule has 1 unspecified atom stereocenters. The first-order chi connectivity index (χ1) is 17.4. The van der Waals surface area contributed by atoms with E-state index in [0.29, 0.717) is 16.7 Å². The predicted molar refractivity (Wildman–Crippen MR) is 148 cm³/mol. The van der Waals surface area contributed by atoms with Gasteiger partial charge < -0.3 is 9.62 Å². The Morgan fingerprint density at radius 3 is 2.38 bits per heavy atom. The Bertz CT molecular complexity index is 1430. The van der Waals surface area contributed by atoms with Gasteiger partial charge in [-0.1, -0.05) is 17.3 Å². The maximum atomic E-state index is 12.9. The minimum atomic E-state index is -3.68. The maximum absolute atomic E-state index is 12.9. The van der Waals surface area contributed by atoms with Crippen LogP contribution in [0.3, 0.4) is 0 Å². The molecule has 1 aromatic heterocycles. The molecule has 11 heteroatoms. The van der Waals surface area contributed by atoms with Gasteiger partial charge in [-0.2, -0.15) is 0 Å². The van der Waals surface area contributed by atoms with Crippen LogP contribution in [0.4, 0.5) is 11.4 Å². The molecule has 1 atom stereocenters. The molecule has 1 saturated heterocycles. The number of anilines is 2. The van der Waals surface area contributed by atoms with Crippen molar-refractivity contribution in [2.24, 2.45) is 5.41 Å². The molecule has 37 heavy (non-hydrogen) atoms. The van der Waals surface area contributed by atoms with E-state index in [4.69, 9.17) is 0 Å². The molecule has 1 aliphatic carbocycles. The smallest absolute Gasteiger partial charge is 0.241 e. The van der Waals surface area contributed by atoms with Gasteiger partial charge in [0, 0.05) is 36.1 Å². The normalized spacial score (nSPS) is 18.1. The summed E-state index contributed by atoms with van der Waals surface area (Å²) in [6, 6.07) is 12.6. The van der Waals surface area contributed by atoms with E-state index >= 15 is 0 Å². The Morgan fingerprint density at radius 2 is 1.73 bits per heavy atom. The highest BCUT2D eigenvalue weighted by molar-refractivity contribution is 7.89. The Labute approximate surface area is 221 Å². The van der Waals surface area contributed by atoms with Crippen LogP contribution in [0, 0.1) is 5.41 Å². The summed E-state index contributed by atoms with van der Waals surface area (Å²) in [6.07, 6.45) is 8.44. The number of sulfonamides is 1. The van der Waals surface area contributed by atoms with Gasteiger partial charge in [-0.3, -0.25) is 0 Å². The van der Waals surface area contributed by atoms with E-state index in [2.05, 4.69) is 24.7 Å². The van der Waals surface area contributed by atoms with Gasteiger partial charge in [0.2, 0.25) is 10.0 Å². The zero-order chi connectivity index (χ0) is 26.4. The summed E-state index contributed by atoms with van der Waals surface area (Å²) < 4.78 is 44.9. The molecule has 5 rings (SSSR count). The van der Waals surface area contributed by atoms with E-state index in [1.165, 1.54) is 25.7 Å². The highest BCUT2D eigenvalue weighted by Gasteiger charge is 2.44. The van der Waals surface area contributed by atoms with Gasteiger partial charge in [-0.15, -0.1) is 5.10 Å². The molecule has 198 valence electrons. The number of nitrogens with zero attached hydrogens (tertiary/aromatic N) is 4. The minimum absolute atomic E-state index is 0.181. The lowest BCUT2D eigenvalue weighted by atomic mass is 9.93. The molecule has 0 radical (unpaired) electrons. The molecule has 2 aromatic carbocycles. The molecule has 2 N–H and O–H groups in total. The van der Waals surface area contributed by atoms with Crippen molar-refractivity contribution in [3.05, 3.63) is 48.7 Å². The number of benzene rings is 2. The molecular weight excluding hydrogens is 508 g/mol. The fourth-order valence-corrected chi connectivity index (χ4v) is 6.82. The Morgan fingerprint density at radius 1 is 1.00 bits per heavy atom. The van der Waals surface area contributed by atoms with Gasteiger partial charge in [0.05, 0.1) is 22.5 Å². The lowest BCUT2D eigenvalue weighted by Crippen LogP contribution is -2.40. The van der Waals surface area contributed by atoms with Crippen molar-refractivity contribution in [2.75, 3.05) is 29.0 Å². The third kappa shape index (κ3) is 5.89. The Kier molecular flexibility index (Phi) is 6.66. The fraction of sp³-hybridized carbons (Fsp3) is 0.462. The highest BCUT2D eigenvalue weighted by Crippen LogP contribution is 2.54. The first-order valence-electron chi connectivity index (χ1n) is 12.5. The second kappa shape index (κ2) is 9.52. The van der Waals surface area contributed by atoms with Crippen molar-refractivity contribution in [3.63, 3.8) is 0 Å². The van der Waals surface area contributed by atoms with Gasteiger partial charge in [0.1, 0.15) is 16.7 Å². The van der Waals surface area contributed by atoms with Crippen molar-refractivity contribution in [1.29, 1.82) is 0 Å². The lowest BCUT2D eigenvalue weighted by molar-refractivity contribution is 0.384. The van der Waals surface area contributed by atoms with Gasteiger partial charge >= 0.3 is 0 Å². The van der Waals surface area contributed by atoms with Crippen molar-refractivity contribution in [3.8, 4) is 16.9 Å². The van der Waals surface area contributed by atoms with Crippen LogP contribution in [0.5, 0.6) is 0 Å². The van der Waals surface area contributed by atoms with Crippen molar-refractivity contribution in [2.45, 2.75) is 56.9 Å². The van der Waals surface area contributed by atoms with Crippen LogP contribution in [0.1, 0.15) is 46.5 Å². The molecule has 3 aromatic rings. The van der Waals surface area contributed by atoms with Gasteiger partial charge in [-0.25, -0.2) is 22.0 Å². The van der Waals surface area contributed by atoms with E-state index in [1.54, 1.807) is 29.1 Å². The van der Waals surface area contributed by atoms with Crippen molar-refractivity contribution in [1.82, 2.24) is 19.7 Å². The van der Waals surface area contributed by atoms with Crippen molar-refractivity contribution >= 4 is 32.4 Å². The van der Waals surface area contributed by atoms with E-state index in [0.717, 1.165) is 30.2 Å². The molecular formula is C26H34N6O3S2. The van der Waals surface area contributed by atoms with Crippen LogP contribution in [0.25, 0.3) is 16.9 Å². The average Bonchev–Trinajstić information content (AvgIpc) is 3.38. The minimum Gasteiger partial charge on any atom is -0.370 e. The molecule has 2 fully saturated rings. The van der Waals surface area contributed by atoms with Crippen LogP contribution in [-0.4, -0.2) is 52.5 Å². The Balaban J connectivity index is 1.46. The number of rotatable bonds is 7. The molecule has 9 nitrogen and oxygen atoms in total. The number of hydrogen-bond acceptors (Lipinski definition) is 6. The summed E-state index contributed by atoms with van der Waals surface area (Å²) in [7, 11) is -4.86. The van der Waals surface area contributed by atoms with Crippen LogP contribution in [0.15, 0.2) is 53.6 Å². The van der Waals surface area contributed by atoms with Crippen LogP contribution in [0.2, 0.25) is 0 Å². The SMILES string of the molecule is CS(=O)Nc1ccc(-n2cc(-c3cccc(S(=O)(=O)NC(C)(C)C)c3)nn2)c(N2CCC3(CC2)CC3)c1. The largest absolute Gasteiger partial charge is 0.370 e. The topological polar surface area (TPSA) is 109 Å².